The smallest absolute Gasteiger partial charge is 0.328 e. The number of ether oxygens (including phenoxy) is 1. The van der Waals surface area contributed by atoms with Gasteiger partial charge in [0.1, 0.15) is 23.8 Å². The third-order valence-corrected chi connectivity index (χ3v) is 8.11. The molecule has 1 aliphatic heterocycles. The van der Waals surface area contributed by atoms with Crippen LogP contribution in [0.15, 0.2) is 61.1 Å². The first-order valence-electron chi connectivity index (χ1n) is 14.8. The lowest BCUT2D eigenvalue weighted by molar-refractivity contribution is -0.146. The normalized spacial score (nSPS) is 18.0. The van der Waals surface area contributed by atoms with Crippen molar-refractivity contribution >= 4 is 40.4 Å². The van der Waals surface area contributed by atoms with Crippen molar-refractivity contribution < 1.29 is 28.7 Å². The molecule has 5 rings (SSSR count). The van der Waals surface area contributed by atoms with E-state index in [4.69, 9.17) is 4.74 Å². The fourth-order valence-electron chi connectivity index (χ4n) is 5.52. The average Bonchev–Trinajstić information content (AvgIpc) is 3.78. The SMILES string of the molecule is COC(=O)[C@H](C[C@@H]1CCNC1=O)NC(=O)[C@H](CC1CC1)NC(=O)[C@H](Cc1cccc2ccccc12)NC(=O)c1cnccn1. The van der Waals surface area contributed by atoms with Gasteiger partial charge in [0.25, 0.3) is 5.91 Å². The van der Waals surface area contributed by atoms with Gasteiger partial charge in [0.05, 0.1) is 13.3 Å². The molecular formula is C32H36N6O6. The number of nitrogens with zero attached hydrogens (tertiary/aromatic N) is 2. The van der Waals surface area contributed by atoms with Crippen LogP contribution < -0.4 is 21.3 Å². The van der Waals surface area contributed by atoms with E-state index in [1.807, 2.05) is 42.5 Å². The topological polar surface area (TPSA) is 168 Å². The quantitative estimate of drug-likeness (QED) is 0.214. The molecule has 4 N–H and O–H groups in total. The van der Waals surface area contributed by atoms with Crippen molar-refractivity contribution in [3.05, 3.63) is 72.3 Å². The fraction of sp³-hybridized carbons (Fsp3) is 0.406. The van der Waals surface area contributed by atoms with E-state index >= 15 is 0 Å². The summed E-state index contributed by atoms with van der Waals surface area (Å²) < 4.78 is 4.91. The number of methoxy groups -OCH3 is 1. The van der Waals surface area contributed by atoms with Crippen LogP contribution in [0.1, 0.15) is 48.2 Å². The Morgan fingerprint density at radius 3 is 2.36 bits per heavy atom. The van der Waals surface area contributed by atoms with E-state index in [9.17, 15) is 24.0 Å². The maximum absolute atomic E-state index is 13.9. The van der Waals surface area contributed by atoms with Crippen LogP contribution in [0.4, 0.5) is 0 Å². The number of hydrogen-bond acceptors (Lipinski definition) is 8. The van der Waals surface area contributed by atoms with Gasteiger partial charge in [-0.1, -0.05) is 55.3 Å². The zero-order valence-corrected chi connectivity index (χ0v) is 24.5. The first-order chi connectivity index (χ1) is 21.3. The molecule has 0 bridgehead atoms. The van der Waals surface area contributed by atoms with E-state index in [0.717, 1.165) is 29.2 Å². The molecule has 2 fully saturated rings. The molecule has 3 aromatic rings. The molecule has 0 spiro atoms. The highest BCUT2D eigenvalue weighted by Crippen LogP contribution is 2.33. The third kappa shape index (κ3) is 7.74. The molecule has 12 nitrogen and oxygen atoms in total. The number of hydrogen-bond donors (Lipinski definition) is 4. The summed E-state index contributed by atoms with van der Waals surface area (Å²) in [6, 6.07) is 10.4. The first-order valence-corrected chi connectivity index (χ1v) is 14.8. The minimum absolute atomic E-state index is 0.0485. The van der Waals surface area contributed by atoms with E-state index in [1.165, 1.54) is 25.7 Å². The van der Waals surface area contributed by atoms with Crippen molar-refractivity contribution in [2.45, 2.75) is 56.7 Å². The molecule has 0 unspecified atom stereocenters. The molecule has 44 heavy (non-hydrogen) atoms. The second-order valence-electron chi connectivity index (χ2n) is 11.3. The summed E-state index contributed by atoms with van der Waals surface area (Å²) in [4.78, 5) is 73.3. The number of nitrogens with one attached hydrogen (secondary N) is 4. The minimum Gasteiger partial charge on any atom is -0.467 e. The highest BCUT2D eigenvalue weighted by atomic mass is 16.5. The van der Waals surface area contributed by atoms with E-state index in [-0.39, 0.29) is 30.4 Å². The van der Waals surface area contributed by atoms with Gasteiger partial charge >= 0.3 is 5.97 Å². The summed E-state index contributed by atoms with van der Waals surface area (Å²) in [5, 5.41) is 13.0. The van der Waals surface area contributed by atoms with Crippen LogP contribution in [0.5, 0.6) is 0 Å². The Hall–Kier alpha value is -4.87. The van der Waals surface area contributed by atoms with Gasteiger partial charge in [-0.25, -0.2) is 9.78 Å². The van der Waals surface area contributed by atoms with Crippen LogP contribution in [0.3, 0.4) is 0 Å². The third-order valence-electron chi connectivity index (χ3n) is 8.11. The highest BCUT2D eigenvalue weighted by molar-refractivity contribution is 5.98. The lowest BCUT2D eigenvalue weighted by atomic mass is 9.97. The van der Waals surface area contributed by atoms with Gasteiger partial charge in [-0.3, -0.25) is 24.2 Å². The van der Waals surface area contributed by atoms with Gasteiger partial charge in [0.2, 0.25) is 17.7 Å². The molecule has 1 aliphatic carbocycles. The van der Waals surface area contributed by atoms with Crippen molar-refractivity contribution in [2.24, 2.45) is 11.8 Å². The van der Waals surface area contributed by atoms with Crippen molar-refractivity contribution in [1.29, 1.82) is 0 Å². The van der Waals surface area contributed by atoms with Gasteiger partial charge in [0, 0.05) is 31.3 Å². The van der Waals surface area contributed by atoms with Crippen LogP contribution in [0, 0.1) is 11.8 Å². The van der Waals surface area contributed by atoms with Crippen LogP contribution in [0.25, 0.3) is 10.8 Å². The standard InChI is InChI=1S/C32H36N6O6/c1-44-32(43)26(17-22-11-12-35-28(22)39)38-29(40)24(15-19-9-10-19)36-30(41)25(37-31(42)27-18-33-13-14-34-27)16-21-7-4-6-20-5-2-3-8-23(20)21/h2-8,13-14,18-19,22,24-26H,9-12,15-17H2,1H3,(H,35,39)(H,36,41)(H,37,42)(H,38,40)/t22-,24-,25-,26-/m0/s1. The molecule has 4 amide bonds. The van der Waals surface area contributed by atoms with Crippen LogP contribution in [0.2, 0.25) is 0 Å². The fourth-order valence-corrected chi connectivity index (χ4v) is 5.52. The Morgan fingerprint density at radius 1 is 0.909 bits per heavy atom. The largest absolute Gasteiger partial charge is 0.467 e. The van der Waals surface area contributed by atoms with E-state index < -0.39 is 47.7 Å². The van der Waals surface area contributed by atoms with Crippen LogP contribution in [-0.2, 0) is 30.3 Å². The van der Waals surface area contributed by atoms with Gasteiger partial charge < -0.3 is 26.0 Å². The molecule has 2 heterocycles. The molecule has 0 radical (unpaired) electrons. The second kappa shape index (κ2) is 14.1. The lowest BCUT2D eigenvalue weighted by Crippen LogP contribution is -2.56. The Bertz CT molecular complexity index is 1520. The summed E-state index contributed by atoms with van der Waals surface area (Å²) in [6.07, 6.45) is 7.14. The number of carbonyl (C=O) groups is 5. The lowest BCUT2D eigenvalue weighted by Gasteiger charge is -2.26. The number of amides is 4. The number of fused-ring (bicyclic) bond motifs is 1. The molecule has 1 aromatic heterocycles. The monoisotopic (exact) mass is 600 g/mol. The molecule has 230 valence electrons. The highest BCUT2D eigenvalue weighted by Gasteiger charge is 2.36. The first kappa shape index (κ1) is 30.6. The Kier molecular flexibility index (Phi) is 9.78. The predicted molar refractivity (Wildman–Crippen MR) is 160 cm³/mol. The van der Waals surface area contributed by atoms with Crippen LogP contribution in [-0.4, -0.2) is 71.3 Å². The predicted octanol–water partition coefficient (Wildman–Crippen LogP) is 1.44. The second-order valence-corrected chi connectivity index (χ2v) is 11.3. The van der Waals surface area contributed by atoms with Crippen LogP contribution >= 0.6 is 0 Å². The molecular weight excluding hydrogens is 564 g/mol. The van der Waals surface area contributed by atoms with Crippen molar-refractivity contribution in [1.82, 2.24) is 31.2 Å². The van der Waals surface area contributed by atoms with Gasteiger partial charge in [-0.15, -0.1) is 0 Å². The zero-order valence-electron chi connectivity index (χ0n) is 24.5. The summed E-state index contributed by atoms with van der Waals surface area (Å²) in [5.41, 5.74) is 0.888. The average molecular weight is 601 g/mol. The molecule has 12 heteroatoms. The number of esters is 1. The molecule has 1 saturated carbocycles. The van der Waals surface area contributed by atoms with E-state index in [2.05, 4.69) is 31.2 Å². The zero-order chi connectivity index (χ0) is 31.1. The molecule has 2 aromatic carbocycles. The van der Waals surface area contributed by atoms with Gasteiger partial charge in [-0.05, 0) is 41.5 Å². The summed E-state index contributed by atoms with van der Waals surface area (Å²) in [5.74, 6) is -2.72. The van der Waals surface area contributed by atoms with E-state index in [1.54, 1.807) is 0 Å². The summed E-state index contributed by atoms with van der Waals surface area (Å²) in [6.45, 7) is 0.504. The number of carbonyl (C=O) groups excluding carboxylic acids is 5. The Morgan fingerprint density at radius 2 is 1.66 bits per heavy atom. The Labute approximate surface area is 254 Å². The maximum atomic E-state index is 13.9. The Balaban J connectivity index is 1.36. The van der Waals surface area contributed by atoms with Gasteiger partial charge in [0.15, 0.2) is 0 Å². The maximum Gasteiger partial charge on any atom is 0.328 e. The number of aromatic nitrogens is 2. The molecule has 2 aliphatic rings. The van der Waals surface area contributed by atoms with Gasteiger partial charge in [-0.2, -0.15) is 0 Å². The summed E-state index contributed by atoms with van der Waals surface area (Å²) >= 11 is 0. The number of benzene rings is 2. The number of rotatable bonds is 13. The summed E-state index contributed by atoms with van der Waals surface area (Å²) in [7, 11) is 1.22. The minimum atomic E-state index is -1.05. The molecule has 4 atom stereocenters. The van der Waals surface area contributed by atoms with E-state index in [0.29, 0.717) is 19.4 Å². The van der Waals surface area contributed by atoms with Crippen molar-refractivity contribution in [2.75, 3.05) is 13.7 Å². The van der Waals surface area contributed by atoms with Crippen molar-refractivity contribution in [3.8, 4) is 0 Å². The molecule has 1 saturated heterocycles. The van der Waals surface area contributed by atoms with Crippen molar-refractivity contribution in [3.63, 3.8) is 0 Å².